The van der Waals surface area contributed by atoms with Gasteiger partial charge in [-0.15, -0.1) is 0 Å². The lowest BCUT2D eigenvalue weighted by atomic mass is 9.39. The first-order chi connectivity index (χ1) is 18.9. The van der Waals surface area contributed by atoms with Gasteiger partial charge in [0.1, 0.15) is 17.4 Å². The Morgan fingerprint density at radius 1 is 0.579 bits per heavy atom. The first-order valence-corrected chi connectivity index (χ1v) is 13.0. The molecule has 0 saturated heterocycles. The molecule has 0 aliphatic carbocycles. The maximum atomic E-state index is 6.72. The molecule has 7 aromatic rings. The number of anilines is 3. The SMILES string of the molecule is c1ccc(-c2cc3c4c(c2)N(c2coc5ccccc25)c2c(oc5ccccc25)B4c2ccccc2-3)cc1. The number of rotatable bonds is 2. The van der Waals surface area contributed by atoms with E-state index >= 15 is 0 Å². The van der Waals surface area contributed by atoms with Gasteiger partial charge in [0.15, 0.2) is 0 Å². The molecular weight excluding hydrogens is 465 g/mol. The van der Waals surface area contributed by atoms with Gasteiger partial charge in [-0.2, -0.15) is 0 Å². The van der Waals surface area contributed by atoms with E-state index in [0.29, 0.717) is 0 Å². The van der Waals surface area contributed by atoms with Gasteiger partial charge in [0.05, 0.1) is 17.0 Å². The summed E-state index contributed by atoms with van der Waals surface area (Å²) in [4.78, 5) is 2.38. The molecule has 0 fully saturated rings. The molecule has 0 spiro atoms. The lowest BCUT2D eigenvalue weighted by Gasteiger charge is -2.33. The summed E-state index contributed by atoms with van der Waals surface area (Å²) in [6.07, 6.45) is 1.89. The second kappa shape index (κ2) is 7.30. The Balaban J connectivity index is 1.45. The van der Waals surface area contributed by atoms with Crippen LogP contribution in [0.3, 0.4) is 0 Å². The Morgan fingerprint density at radius 3 is 2.21 bits per heavy atom. The van der Waals surface area contributed by atoms with Crippen LogP contribution >= 0.6 is 0 Å². The molecule has 0 amide bonds. The van der Waals surface area contributed by atoms with Gasteiger partial charge in [-0.25, -0.2) is 0 Å². The largest absolute Gasteiger partial charge is 0.468 e. The minimum absolute atomic E-state index is 0.0397. The predicted molar refractivity (Wildman–Crippen MR) is 156 cm³/mol. The van der Waals surface area contributed by atoms with E-state index in [0.717, 1.165) is 39.0 Å². The third-order valence-electron chi connectivity index (χ3n) is 8.14. The summed E-state index contributed by atoms with van der Waals surface area (Å²) in [6.45, 7) is 0.0397. The first kappa shape index (κ1) is 20.1. The second-order valence-corrected chi connectivity index (χ2v) is 10.1. The van der Waals surface area contributed by atoms with Gasteiger partial charge in [0, 0.05) is 16.5 Å². The Morgan fingerprint density at radius 2 is 1.32 bits per heavy atom. The van der Waals surface area contributed by atoms with Gasteiger partial charge in [-0.05, 0) is 64.1 Å². The number of furan rings is 2. The third kappa shape index (κ3) is 2.54. The quantitative estimate of drug-likeness (QED) is 0.244. The van der Waals surface area contributed by atoms with E-state index in [4.69, 9.17) is 8.83 Å². The van der Waals surface area contributed by atoms with Gasteiger partial charge in [0.2, 0.25) is 0 Å². The average Bonchev–Trinajstić information content (AvgIpc) is 3.67. The molecule has 4 heteroatoms. The van der Waals surface area contributed by atoms with Crippen LogP contribution in [0.15, 0.2) is 130 Å². The Bertz CT molecular complexity index is 2050. The van der Waals surface area contributed by atoms with E-state index in [-0.39, 0.29) is 6.71 Å². The zero-order valence-electron chi connectivity index (χ0n) is 20.4. The van der Waals surface area contributed by atoms with Gasteiger partial charge >= 0.3 is 0 Å². The van der Waals surface area contributed by atoms with Gasteiger partial charge in [-0.1, -0.05) is 84.3 Å². The number of hydrogen-bond acceptors (Lipinski definition) is 3. The summed E-state index contributed by atoms with van der Waals surface area (Å²) in [5.41, 5.74) is 13.6. The van der Waals surface area contributed by atoms with E-state index in [1.165, 1.54) is 38.9 Å². The summed E-state index contributed by atoms with van der Waals surface area (Å²) < 4.78 is 12.8. The fraction of sp³-hybridized carbons (Fsp3) is 0. The predicted octanol–water partition coefficient (Wildman–Crippen LogP) is 7.13. The second-order valence-electron chi connectivity index (χ2n) is 10.1. The standard InChI is InChI=1S/C34H20BNO2/c1-2-10-21(11-3-1)22-18-26-23-12-4-7-15-27(23)35-32(26)28(19-22)36(29-20-37-30-16-8-5-13-24(29)30)33-25-14-6-9-17-31(25)38-34(33)35/h1-20H. The zero-order valence-corrected chi connectivity index (χ0v) is 20.4. The minimum Gasteiger partial charge on any atom is -0.468 e. The van der Waals surface area contributed by atoms with Crippen molar-refractivity contribution in [1.29, 1.82) is 0 Å². The summed E-state index contributed by atoms with van der Waals surface area (Å²) in [5.74, 6) is 0. The van der Waals surface area contributed by atoms with Crippen molar-refractivity contribution in [3.05, 3.63) is 122 Å². The van der Waals surface area contributed by atoms with Gasteiger partial charge in [-0.3, -0.25) is 0 Å². The van der Waals surface area contributed by atoms with Crippen molar-refractivity contribution >= 4 is 62.3 Å². The topological polar surface area (TPSA) is 29.5 Å². The molecule has 0 radical (unpaired) electrons. The van der Waals surface area contributed by atoms with Crippen LogP contribution in [-0.4, -0.2) is 6.71 Å². The molecule has 38 heavy (non-hydrogen) atoms. The molecule has 0 bridgehead atoms. The fourth-order valence-electron chi connectivity index (χ4n) is 6.55. The van der Waals surface area contributed by atoms with Crippen molar-refractivity contribution in [3.8, 4) is 22.3 Å². The number of hydrogen-bond donors (Lipinski definition) is 0. The first-order valence-electron chi connectivity index (χ1n) is 13.0. The van der Waals surface area contributed by atoms with Crippen molar-refractivity contribution < 1.29 is 8.83 Å². The van der Waals surface area contributed by atoms with Crippen molar-refractivity contribution in [2.24, 2.45) is 0 Å². The number of para-hydroxylation sites is 2. The molecular formula is C34H20BNO2. The Hall–Kier alpha value is -4.96. The van der Waals surface area contributed by atoms with Gasteiger partial charge < -0.3 is 13.7 Å². The molecule has 2 aliphatic rings. The molecule has 3 nitrogen and oxygen atoms in total. The van der Waals surface area contributed by atoms with E-state index in [9.17, 15) is 0 Å². The molecule has 9 rings (SSSR count). The van der Waals surface area contributed by atoms with Crippen molar-refractivity contribution in [3.63, 3.8) is 0 Å². The van der Waals surface area contributed by atoms with Crippen LogP contribution in [0.25, 0.3) is 44.2 Å². The zero-order chi connectivity index (χ0) is 24.8. The fourth-order valence-corrected chi connectivity index (χ4v) is 6.55. The normalized spacial score (nSPS) is 13.2. The average molecular weight is 485 g/mol. The van der Waals surface area contributed by atoms with Gasteiger partial charge in [0.25, 0.3) is 6.71 Å². The maximum absolute atomic E-state index is 6.72. The van der Waals surface area contributed by atoms with Crippen LogP contribution in [0.1, 0.15) is 0 Å². The summed E-state index contributed by atoms with van der Waals surface area (Å²) in [5, 5.41) is 2.19. The highest BCUT2D eigenvalue weighted by Crippen LogP contribution is 2.47. The van der Waals surface area contributed by atoms with E-state index < -0.39 is 0 Å². The number of fused-ring (bicyclic) bond motifs is 8. The summed E-state index contributed by atoms with van der Waals surface area (Å²) >= 11 is 0. The Labute approximate surface area is 219 Å². The van der Waals surface area contributed by atoms with Crippen LogP contribution in [0.4, 0.5) is 17.1 Å². The Kier molecular flexibility index (Phi) is 3.87. The molecule has 0 unspecified atom stereocenters. The van der Waals surface area contributed by atoms with Crippen molar-refractivity contribution in [1.82, 2.24) is 0 Å². The molecule has 0 atom stereocenters. The molecule has 4 heterocycles. The van der Waals surface area contributed by atoms with Crippen LogP contribution in [0.5, 0.6) is 0 Å². The number of nitrogens with zero attached hydrogens (tertiary/aromatic N) is 1. The smallest absolute Gasteiger partial charge is 0.294 e. The third-order valence-corrected chi connectivity index (χ3v) is 8.14. The summed E-state index contributed by atoms with van der Waals surface area (Å²) in [6, 6.07) is 40.8. The lowest BCUT2D eigenvalue weighted by Crippen LogP contribution is -2.54. The van der Waals surface area contributed by atoms with Crippen LogP contribution in [0.2, 0.25) is 0 Å². The molecule has 0 saturated carbocycles. The highest BCUT2D eigenvalue weighted by Gasteiger charge is 2.46. The van der Waals surface area contributed by atoms with Crippen LogP contribution in [-0.2, 0) is 0 Å². The molecule has 2 aliphatic heterocycles. The monoisotopic (exact) mass is 485 g/mol. The maximum Gasteiger partial charge on any atom is 0.294 e. The van der Waals surface area contributed by atoms with Crippen molar-refractivity contribution in [2.45, 2.75) is 0 Å². The van der Waals surface area contributed by atoms with E-state index in [2.05, 4.69) is 102 Å². The van der Waals surface area contributed by atoms with Crippen LogP contribution < -0.4 is 21.5 Å². The highest BCUT2D eigenvalue weighted by molar-refractivity contribution is 7.01. The molecule has 5 aromatic carbocycles. The van der Waals surface area contributed by atoms with Crippen molar-refractivity contribution in [2.75, 3.05) is 4.90 Å². The lowest BCUT2D eigenvalue weighted by molar-refractivity contribution is 0.616. The molecule has 0 N–H and O–H groups in total. The summed E-state index contributed by atoms with van der Waals surface area (Å²) in [7, 11) is 0. The minimum atomic E-state index is 0.0397. The van der Waals surface area contributed by atoms with Crippen LogP contribution in [0, 0.1) is 0 Å². The highest BCUT2D eigenvalue weighted by atomic mass is 16.3. The molecule has 2 aromatic heterocycles. The van der Waals surface area contributed by atoms with E-state index in [1.807, 2.05) is 24.5 Å². The van der Waals surface area contributed by atoms with E-state index in [1.54, 1.807) is 0 Å². The number of benzene rings is 5. The molecule has 176 valence electrons.